The predicted octanol–water partition coefficient (Wildman–Crippen LogP) is 6.79. The van der Waals surface area contributed by atoms with Gasteiger partial charge in [-0.3, -0.25) is 10.1 Å². The van der Waals surface area contributed by atoms with E-state index in [9.17, 15) is 19.5 Å². The average Bonchev–Trinajstić information content (AvgIpc) is 3.25. The summed E-state index contributed by atoms with van der Waals surface area (Å²) in [5.74, 6) is -0.0396. The smallest absolute Gasteiger partial charge is 0.413 e. The van der Waals surface area contributed by atoms with Gasteiger partial charge in [0.2, 0.25) is 0 Å². The van der Waals surface area contributed by atoms with Gasteiger partial charge in [0, 0.05) is 22.4 Å². The van der Waals surface area contributed by atoms with Gasteiger partial charge in [-0.15, -0.1) is 0 Å². The van der Waals surface area contributed by atoms with Gasteiger partial charge < -0.3 is 24.9 Å². The van der Waals surface area contributed by atoms with E-state index in [1.807, 2.05) is 52.0 Å². The Morgan fingerprint density at radius 1 is 1.10 bits per heavy atom. The zero-order valence-electron chi connectivity index (χ0n) is 24.5. The van der Waals surface area contributed by atoms with Crippen LogP contribution in [0.1, 0.15) is 65.5 Å². The van der Waals surface area contributed by atoms with Crippen molar-refractivity contribution in [2.24, 2.45) is 0 Å². The normalized spacial score (nSPS) is 12.8. The molecule has 0 saturated heterocycles. The molecular formula is C30H36N4O6S. The van der Waals surface area contributed by atoms with Crippen molar-refractivity contribution in [2.75, 3.05) is 11.9 Å². The first kappa shape index (κ1) is 29.9. The zero-order valence-corrected chi connectivity index (χ0v) is 25.3. The number of pyridine rings is 1. The lowest BCUT2D eigenvalue weighted by atomic mass is 9.94. The van der Waals surface area contributed by atoms with Crippen molar-refractivity contribution in [1.82, 2.24) is 15.3 Å². The Morgan fingerprint density at radius 2 is 1.76 bits per heavy atom. The largest absolute Gasteiger partial charge is 0.507 e. The van der Waals surface area contributed by atoms with Crippen molar-refractivity contribution >= 4 is 49.8 Å². The van der Waals surface area contributed by atoms with Crippen LogP contribution in [0.25, 0.3) is 32.2 Å². The second-order valence-corrected chi connectivity index (χ2v) is 13.1. The van der Waals surface area contributed by atoms with Crippen LogP contribution in [0.4, 0.5) is 14.7 Å². The molecule has 4 aromatic rings. The maximum Gasteiger partial charge on any atom is 0.413 e. The van der Waals surface area contributed by atoms with Gasteiger partial charge in [-0.1, -0.05) is 42.5 Å². The van der Waals surface area contributed by atoms with E-state index in [4.69, 9.17) is 9.47 Å². The summed E-state index contributed by atoms with van der Waals surface area (Å²) < 4.78 is 11.0. The molecule has 2 heterocycles. The third-order valence-corrected chi connectivity index (χ3v) is 7.10. The number of hydrogen-bond acceptors (Lipinski definition) is 8. The molecule has 11 heteroatoms. The highest BCUT2D eigenvalue weighted by Gasteiger charge is 2.23. The molecule has 1 atom stereocenters. The van der Waals surface area contributed by atoms with Crippen LogP contribution in [0.15, 0.2) is 35.1 Å². The predicted molar refractivity (Wildman–Crippen MR) is 162 cm³/mol. The number of anilines is 1. The van der Waals surface area contributed by atoms with Gasteiger partial charge in [-0.25, -0.2) is 14.6 Å². The van der Waals surface area contributed by atoms with Crippen molar-refractivity contribution in [2.45, 2.75) is 72.4 Å². The molecule has 2 aromatic heterocycles. The number of thiazole rings is 1. The number of nitrogens with one attached hydrogen (secondary N) is 3. The Kier molecular flexibility index (Phi) is 8.04. The highest BCUT2D eigenvalue weighted by molar-refractivity contribution is 7.22. The fourth-order valence-corrected chi connectivity index (χ4v) is 5.22. The number of carbonyl (C=O) groups excluding carboxylic acids is 2. The molecular weight excluding hydrogens is 544 g/mol. The quantitative estimate of drug-likeness (QED) is 0.203. The van der Waals surface area contributed by atoms with E-state index < -0.39 is 17.8 Å². The van der Waals surface area contributed by atoms with Gasteiger partial charge in [0.25, 0.3) is 5.56 Å². The SMILES string of the molecule is Cc1cc(O)c(-c2ccc([C@@H](C)COC(=O)NC(C)(C)C)cc2)c2c1[nH]c(=O)c1sc(NC(=O)OC(C)(C)C)nc12. The second-order valence-electron chi connectivity index (χ2n) is 12.1. The number of hydrogen-bond donors (Lipinski definition) is 4. The fraction of sp³-hybridized carbons (Fsp3) is 0.400. The number of H-pyrrole nitrogens is 1. The van der Waals surface area contributed by atoms with Crippen molar-refractivity contribution in [3.63, 3.8) is 0 Å². The maximum absolute atomic E-state index is 13.0. The van der Waals surface area contributed by atoms with E-state index in [0.29, 0.717) is 37.8 Å². The summed E-state index contributed by atoms with van der Waals surface area (Å²) in [7, 11) is 0. The number of aromatic hydroxyl groups is 1. The van der Waals surface area contributed by atoms with Gasteiger partial charge in [0.15, 0.2) is 5.13 Å². The van der Waals surface area contributed by atoms with Crippen LogP contribution >= 0.6 is 11.3 Å². The topological polar surface area (TPSA) is 143 Å². The molecule has 0 aliphatic rings. The average molecular weight is 581 g/mol. The number of phenolic OH excluding ortho intramolecular Hbond substituents is 1. The molecule has 0 bridgehead atoms. The number of aromatic amines is 1. The van der Waals surface area contributed by atoms with Gasteiger partial charge in [-0.2, -0.15) is 0 Å². The van der Waals surface area contributed by atoms with Gasteiger partial charge in [0.1, 0.15) is 16.1 Å². The molecule has 2 amide bonds. The fourth-order valence-electron chi connectivity index (χ4n) is 4.37. The molecule has 0 fully saturated rings. The van der Waals surface area contributed by atoms with Crippen LogP contribution < -0.4 is 16.2 Å². The Hall–Kier alpha value is -4.12. The van der Waals surface area contributed by atoms with E-state index >= 15 is 0 Å². The lowest BCUT2D eigenvalue weighted by Gasteiger charge is -2.21. The lowest BCUT2D eigenvalue weighted by Crippen LogP contribution is -2.41. The number of ether oxygens (including phenoxy) is 2. The Bertz CT molecular complexity index is 1680. The number of rotatable bonds is 5. The number of aromatic nitrogens is 2. The van der Waals surface area contributed by atoms with E-state index in [1.165, 1.54) is 0 Å². The molecule has 2 aromatic carbocycles. The van der Waals surface area contributed by atoms with Crippen LogP contribution in [0, 0.1) is 6.92 Å². The molecule has 0 spiro atoms. The number of nitrogens with zero attached hydrogens (tertiary/aromatic N) is 1. The lowest BCUT2D eigenvalue weighted by molar-refractivity contribution is 0.0635. The Balaban J connectivity index is 1.71. The number of aryl methyl sites for hydroxylation is 1. The van der Waals surface area contributed by atoms with Crippen molar-refractivity contribution in [1.29, 1.82) is 0 Å². The highest BCUT2D eigenvalue weighted by Crippen LogP contribution is 2.41. The summed E-state index contributed by atoms with van der Waals surface area (Å²) in [5, 5.41) is 17.3. The third kappa shape index (κ3) is 6.97. The number of amides is 2. The molecule has 0 unspecified atom stereocenters. The second kappa shape index (κ2) is 11.0. The Labute approximate surface area is 242 Å². The highest BCUT2D eigenvalue weighted by atomic mass is 32.1. The van der Waals surface area contributed by atoms with Crippen molar-refractivity contribution in [3.05, 3.63) is 51.8 Å². The molecule has 41 heavy (non-hydrogen) atoms. The first-order valence-electron chi connectivity index (χ1n) is 13.3. The molecule has 4 N–H and O–H groups in total. The molecule has 0 saturated carbocycles. The molecule has 10 nitrogen and oxygen atoms in total. The number of alkyl carbamates (subject to hydrolysis) is 1. The first-order chi connectivity index (χ1) is 19.0. The van der Waals surface area contributed by atoms with Gasteiger partial charge in [-0.05, 0) is 71.2 Å². The van der Waals surface area contributed by atoms with E-state index in [2.05, 4.69) is 20.6 Å². The molecule has 218 valence electrons. The number of benzene rings is 2. The van der Waals surface area contributed by atoms with Crippen LogP contribution in [0.5, 0.6) is 5.75 Å². The summed E-state index contributed by atoms with van der Waals surface area (Å²) >= 11 is 1.03. The standard InChI is InChI=1S/C30H36N4O6S/c1-15-13-19(35)20(18-11-9-17(10-12-18)16(2)14-39-28(38)34-29(3,4)5)21-22(15)31-25(36)24-23(21)32-26(41-24)33-27(37)40-30(6,7)8/h9-13,16,35H,14H2,1-8H3,(H,31,36)(H,34,38)(H,32,33,37)/t16-/m0/s1. The molecule has 0 aliphatic heterocycles. The monoisotopic (exact) mass is 580 g/mol. The van der Waals surface area contributed by atoms with Crippen molar-refractivity contribution in [3.8, 4) is 16.9 Å². The maximum atomic E-state index is 13.0. The van der Waals surface area contributed by atoms with Crippen LogP contribution in [-0.2, 0) is 9.47 Å². The van der Waals surface area contributed by atoms with Gasteiger partial charge in [0.05, 0.1) is 17.6 Å². The van der Waals surface area contributed by atoms with E-state index in [-0.39, 0.29) is 34.5 Å². The summed E-state index contributed by atoms with van der Waals surface area (Å²) in [6.07, 6.45) is -1.15. The minimum atomic E-state index is -0.699. The summed E-state index contributed by atoms with van der Waals surface area (Å²) in [5.41, 5.74) is 2.30. The number of fused-ring (bicyclic) bond motifs is 3. The first-order valence-corrected chi connectivity index (χ1v) is 14.1. The summed E-state index contributed by atoms with van der Waals surface area (Å²) in [4.78, 5) is 44.9. The summed E-state index contributed by atoms with van der Waals surface area (Å²) in [6.45, 7) is 14.9. The molecule has 0 aliphatic carbocycles. The van der Waals surface area contributed by atoms with Crippen LogP contribution in [0.2, 0.25) is 0 Å². The van der Waals surface area contributed by atoms with Crippen molar-refractivity contribution < 1.29 is 24.2 Å². The Morgan fingerprint density at radius 3 is 2.37 bits per heavy atom. The molecule has 0 radical (unpaired) electrons. The minimum Gasteiger partial charge on any atom is -0.507 e. The van der Waals surface area contributed by atoms with E-state index in [1.54, 1.807) is 33.8 Å². The third-order valence-electron chi connectivity index (χ3n) is 6.13. The van der Waals surface area contributed by atoms with Gasteiger partial charge >= 0.3 is 12.2 Å². The molecule has 4 rings (SSSR count). The van der Waals surface area contributed by atoms with E-state index in [0.717, 1.165) is 16.9 Å². The zero-order chi connectivity index (χ0) is 30.3. The summed E-state index contributed by atoms with van der Waals surface area (Å²) in [6, 6.07) is 9.16. The number of carbonyl (C=O) groups is 2. The number of phenols is 1. The van der Waals surface area contributed by atoms with Crippen LogP contribution in [-0.4, -0.2) is 45.0 Å². The minimum absolute atomic E-state index is 0.0287. The van der Waals surface area contributed by atoms with Crippen LogP contribution in [0.3, 0.4) is 0 Å².